The Balaban J connectivity index is 1.48. The number of hydrogen-bond acceptors (Lipinski definition) is 3. The van der Waals surface area contributed by atoms with Crippen LogP contribution < -0.4 is 5.32 Å². The fourth-order valence-corrected chi connectivity index (χ4v) is 6.99. The summed E-state index contributed by atoms with van der Waals surface area (Å²) in [5, 5.41) is 5.75. The van der Waals surface area contributed by atoms with Crippen molar-refractivity contribution in [1.29, 1.82) is 0 Å². The molecule has 2 atom stereocenters. The van der Waals surface area contributed by atoms with Crippen molar-refractivity contribution in [2.75, 3.05) is 0 Å². The van der Waals surface area contributed by atoms with Crippen LogP contribution in [0.15, 0.2) is 58.5 Å². The first-order valence-corrected chi connectivity index (χ1v) is 12.7. The lowest BCUT2D eigenvalue weighted by atomic mass is 9.99. The molecule has 31 heavy (non-hydrogen) atoms. The fraction of sp³-hybridized carbons (Fsp3) is 0.360. The molecule has 1 saturated heterocycles. The van der Waals surface area contributed by atoms with Crippen LogP contribution in [0.4, 0.5) is 0 Å². The molecule has 2 aromatic heterocycles. The maximum atomic E-state index is 13.6. The van der Waals surface area contributed by atoms with Gasteiger partial charge in [-0.25, -0.2) is 8.42 Å². The topological polar surface area (TPSA) is 56.0 Å². The minimum atomic E-state index is -3.59. The molecule has 4 heterocycles. The van der Waals surface area contributed by atoms with Crippen LogP contribution in [0.3, 0.4) is 0 Å². The number of sulfone groups is 1. The third kappa shape index (κ3) is 2.74. The summed E-state index contributed by atoms with van der Waals surface area (Å²) in [7, 11) is -1.49. The fourth-order valence-electron chi connectivity index (χ4n) is 5.67. The van der Waals surface area contributed by atoms with Crippen LogP contribution in [0.25, 0.3) is 21.8 Å². The number of fused-ring (bicyclic) bond motifs is 7. The second-order valence-electron chi connectivity index (χ2n) is 9.03. The molecule has 2 aromatic carbocycles. The van der Waals surface area contributed by atoms with E-state index in [1.54, 1.807) is 12.1 Å². The highest BCUT2D eigenvalue weighted by Crippen LogP contribution is 2.42. The van der Waals surface area contributed by atoms with Crippen molar-refractivity contribution in [3.8, 4) is 0 Å². The second-order valence-corrected chi connectivity index (χ2v) is 11.0. The molecule has 0 spiro atoms. The van der Waals surface area contributed by atoms with E-state index in [1.165, 1.54) is 17.7 Å². The third-order valence-corrected chi connectivity index (χ3v) is 8.94. The quantitative estimate of drug-likeness (QED) is 0.506. The van der Waals surface area contributed by atoms with E-state index in [2.05, 4.69) is 28.4 Å². The molecule has 0 radical (unpaired) electrons. The molecule has 2 unspecified atom stereocenters. The summed E-state index contributed by atoms with van der Waals surface area (Å²) in [6, 6.07) is 14.0. The van der Waals surface area contributed by atoms with Gasteiger partial charge in [0.1, 0.15) is 0 Å². The molecule has 4 aromatic rings. The third-order valence-electron chi connectivity index (χ3n) is 7.19. The lowest BCUT2D eigenvalue weighted by Gasteiger charge is -2.23. The van der Waals surface area contributed by atoms with Crippen molar-refractivity contribution in [2.45, 2.75) is 61.0 Å². The van der Waals surface area contributed by atoms with E-state index in [0.29, 0.717) is 21.9 Å². The van der Waals surface area contributed by atoms with E-state index in [1.807, 2.05) is 36.5 Å². The van der Waals surface area contributed by atoms with Gasteiger partial charge in [0.25, 0.3) is 0 Å². The van der Waals surface area contributed by atoms with E-state index in [-0.39, 0.29) is 0 Å². The maximum absolute atomic E-state index is 13.6. The van der Waals surface area contributed by atoms with Gasteiger partial charge in [-0.3, -0.25) is 0 Å². The van der Waals surface area contributed by atoms with Gasteiger partial charge < -0.3 is 14.5 Å². The van der Waals surface area contributed by atoms with Gasteiger partial charge in [0.15, 0.2) is 0 Å². The summed E-state index contributed by atoms with van der Waals surface area (Å²) in [5.41, 5.74) is 4.85. The highest BCUT2D eigenvalue weighted by molar-refractivity contribution is 7.91. The van der Waals surface area contributed by atoms with Gasteiger partial charge in [-0.15, -0.1) is 0 Å². The molecule has 0 amide bonds. The minimum absolute atomic E-state index is 0.338. The molecule has 1 fully saturated rings. The van der Waals surface area contributed by atoms with Crippen LogP contribution in [0.5, 0.6) is 0 Å². The number of aromatic nitrogens is 2. The highest BCUT2D eigenvalue weighted by atomic mass is 32.2. The number of rotatable bonds is 4. The lowest BCUT2D eigenvalue weighted by Crippen LogP contribution is -2.32. The number of hydrogen-bond donors (Lipinski definition) is 1. The Morgan fingerprint density at radius 1 is 1.03 bits per heavy atom. The molecule has 6 rings (SSSR count). The van der Waals surface area contributed by atoms with Crippen molar-refractivity contribution >= 4 is 31.6 Å². The van der Waals surface area contributed by atoms with Gasteiger partial charge in [0.2, 0.25) is 9.84 Å². The van der Waals surface area contributed by atoms with Crippen LogP contribution in [0, 0.1) is 0 Å². The molecule has 6 heteroatoms. The Kier molecular flexibility index (Phi) is 4.14. The van der Waals surface area contributed by atoms with Crippen LogP contribution >= 0.6 is 0 Å². The Morgan fingerprint density at radius 2 is 1.81 bits per heavy atom. The SMILES string of the molecule is CCCn1ccc2cc(S(=O)(=O)c3ccc4c(c3)c3c(n4C)CC4CCC3N4)ccc21. The van der Waals surface area contributed by atoms with Crippen molar-refractivity contribution < 1.29 is 8.42 Å². The van der Waals surface area contributed by atoms with E-state index in [4.69, 9.17) is 0 Å². The maximum Gasteiger partial charge on any atom is 0.206 e. The van der Waals surface area contributed by atoms with Crippen LogP contribution in [-0.4, -0.2) is 23.6 Å². The van der Waals surface area contributed by atoms with Crippen LogP contribution in [0.2, 0.25) is 0 Å². The Labute approximate surface area is 182 Å². The average Bonchev–Trinajstić information content (AvgIpc) is 3.43. The number of nitrogens with zero attached hydrogens (tertiary/aromatic N) is 2. The lowest BCUT2D eigenvalue weighted by molar-refractivity contribution is 0.503. The van der Waals surface area contributed by atoms with Gasteiger partial charge in [0.05, 0.1) is 9.79 Å². The van der Waals surface area contributed by atoms with Gasteiger partial charge in [-0.2, -0.15) is 0 Å². The Hall–Kier alpha value is -2.57. The summed E-state index contributed by atoms with van der Waals surface area (Å²) in [6.07, 6.45) is 6.41. The zero-order valence-corrected chi connectivity index (χ0v) is 18.7. The summed E-state index contributed by atoms with van der Waals surface area (Å²) in [6.45, 7) is 3.08. The number of nitrogens with one attached hydrogen (secondary N) is 1. The zero-order valence-electron chi connectivity index (χ0n) is 17.9. The van der Waals surface area contributed by atoms with E-state index in [9.17, 15) is 8.42 Å². The van der Waals surface area contributed by atoms with Crippen LogP contribution in [0.1, 0.15) is 43.5 Å². The molecule has 2 aliphatic rings. The first-order valence-electron chi connectivity index (χ1n) is 11.2. The summed E-state index contributed by atoms with van der Waals surface area (Å²) in [5.74, 6) is 0. The Bertz CT molecular complexity index is 1440. The number of aryl methyl sites for hydroxylation is 2. The minimum Gasteiger partial charge on any atom is -0.347 e. The smallest absolute Gasteiger partial charge is 0.206 e. The van der Waals surface area contributed by atoms with Crippen LogP contribution in [-0.2, 0) is 29.9 Å². The predicted molar refractivity (Wildman–Crippen MR) is 123 cm³/mol. The first kappa shape index (κ1) is 19.1. The van der Waals surface area contributed by atoms with Crippen molar-refractivity contribution in [2.24, 2.45) is 7.05 Å². The molecule has 160 valence electrons. The predicted octanol–water partition coefficient (Wildman–Crippen LogP) is 4.73. The molecular weight excluding hydrogens is 406 g/mol. The molecule has 2 bridgehead atoms. The largest absolute Gasteiger partial charge is 0.347 e. The average molecular weight is 434 g/mol. The molecular formula is C25H27N3O2S. The highest BCUT2D eigenvalue weighted by Gasteiger charge is 2.36. The van der Waals surface area contributed by atoms with Gasteiger partial charge in [-0.1, -0.05) is 6.92 Å². The molecule has 5 nitrogen and oxygen atoms in total. The van der Waals surface area contributed by atoms with Crippen molar-refractivity contribution in [1.82, 2.24) is 14.5 Å². The molecule has 2 aliphatic heterocycles. The molecule has 0 saturated carbocycles. The number of benzene rings is 2. The van der Waals surface area contributed by atoms with Gasteiger partial charge in [0, 0.05) is 65.8 Å². The van der Waals surface area contributed by atoms with Crippen molar-refractivity contribution in [3.05, 3.63) is 59.9 Å². The van der Waals surface area contributed by atoms with E-state index < -0.39 is 9.84 Å². The van der Waals surface area contributed by atoms with Gasteiger partial charge in [-0.05, 0) is 67.3 Å². The molecule has 1 N–H and O–H groups in total. The second kappa shape index (κ2) is 6.71. The first-order chi connectivity index (χ1) is 15.0. The Morgan fingerprint density at radius 3 is 2.61 bits per heavy atom. The van der Waals surface area contributed by atoms with Gasteiger partial charge >= 0.3 is 0 Å². The normalized spacial score (nSPS) is 20.6. The molecule has 0 aliphatic carbocycles. The monoisotopic (exact) mass is 433 g/mol. The summed E-state index contributed by atoms with van der Waals surface area (Å²) < 4.78 is 31.6. The summed E-state index contributed by atoms with van der Waals surface area (Å²) in [4.78, 5) is 0.735. The van der Waals surface area contributed by atoms with E-state index in [0.717, 1.165) is 47.6 Å². The zero-order chi connectivity index (χ0) is 21.3. The van der Waals surface area contributed by atoms with Crippen molar-refractivity contribution in [3.63, 3.8) is 0 Å². The van der Waals surface area contributed by atoms with E-state index >= 15 is 0 Å². The summed E-state index contributed by atoms with van der Waals surface area (Å²) >= 11 is 0. The standard InChI is InChI=1S/C25H27N3O2S/c1-3-11-28-12-10-16-13-18(5-8-22(16)28)31(29,30)19-6-9-23-20(15-19)25-21-7-4-17(26-21)14-24(25)27(23)2/h5-6,8-10,12-13,15,17,21,26H,3-4,7,11,14H2,1-2H3.